The molecule has 2 heterocycles. The first-order valence-electron chi connectivity index (χ1n) is 9.48. The summed E-state index contributed by atoms with van der Waals surface area (Å²) in [6.07, 6.45) is 3.23. The summed E-state index contributed by atoms with van der Waals surface area (Å²) >= 11 is 0. The van der Waals surface area contributed by atoms with E-state index in [1.54, 1.807) is 58.3 Å². The van der Waals surface area contributed by atoms with Crippen molar-refractivity contribution in [2.24, 2.45) is 0 Å². The number of rotatable bonds is 4. The number of benzene rings is 2. The van der Waals surface area contributed by atoms with E-state index in [-0.39, 0.29) is 11.8 Å². The molecule has 4 rings (SSSR count). The molecule has 0 N–H and O–H groups in total. The number of nitrogens with zero attached hydrogens (tertiary/aromatic N) is 4. The summed E-state index contributed by atoms with van der Waals surface area (Å²) in [6.45, 7) is 1.97. The zero-order chi connectivity index (χ0) is 20.2. The third-order valence-electron chi connectivity index (χ3n) is 5.08. The van der Waals surface area contributed by atoms with Crippen LogP contribution in [0, 0.1) is 0 Å². The molecular weight excluding hydrogens is 368 g/mol. The van der Waals surface area contributed by atoms with Crippen molar-refractivity contribution in [2.75, 3.05) is 33.3 Å². The second-order valence-electron chi connectivity index (χ2n) is 6.80. The first-order chi connectivity index (χ1) is 14.2. The van der Waals surface area contributed by atoms with Gasteiger partial charge in [-0.05, 0) is 36.4 Å². The van der Waals surface area contributed by atoms with E-state index in [0.29, 0.717) is 43.2 Å². The van der Waals surface area contributed by atoms with E-state index in [1.807, 2.05) is 30.3 Å². The maximum absolute atomic E-state index is 13.0. The molecule has 7 heteroatoms. The van der Waals surface area contributed by atoms with Gasteiger partial charge in [-0.1, -0.05) is 18.2 Å². The zero-order valence-electron chi connectivity index (χ0n) is 16.2. The zero-order valence-corrected chi connectivity index (χ0v) is 16.2. The molecule has 0 bridgehead atoms. The van der Waals surface area contributed by atoms with Crippen molar-refractivity contribution >= 4 is 11.8 Å². The molecule has 7 nitrogen and oxygen atoms in total. The van der Waals surface area contributed by atoms with Crippen molar-refractivity contribution in [2.45, 2.75) is 0 Å². The number of aromatic nitrogens is 2. The smallest absolute Gasteiger partial charge is 0.272 e. The summed E-state index contributed by atoms with van der Waals surface area (Å²) in [4.78, 5) is 33.4. The van der Waals surface area contributed by atoms with E-state index in [2.05, 4.69) is 4.98 Å². The van der Waals surface area contributed by atoms with Crippen LogP contribution < -0.4 is 4.74 Å². The molecule has 0 unspecified atom stereocenters. The molecule has 1 aliphatic rings. The number of carbonyl (C=O) groups is 2. The van der Waals surface area contributed by atoms with E-state index in [9.17, 15) is 9.59 Å². The third-order valence-corrected chi connectivity index (χ3v) is 5.08. The van der Waals surface area contributed by atoms with Crippen LogP contribution in [0.3, 0.4) is 0 Å². The fourth-order valence-electron chi connectivity index (χ4n) is 3.44. The lowest BCUT2D eigenvalue weighted by Gasteiger charge is -2.34. The van der Waals surface area contributed by atoms with E-state index in [0.717, 1.165) is 5.69 Å². The fraction of sp³-hybridized carbons (Fsp3) is 0.227. The molecule has 0 aliphatic carbocycles. The molecule has 29 heavy (non-hydrogen) atoms. The molecule has 2 amide bonds. The van der Waals surface area contributed by atoms with Gasteiger partial charge in [-0.25, -0.2) is 4.98 Å². The van der Waals surface area contributed by atoms with Crippen molar-refractivity contribution in [3.8, 4) is 11.4 Å². The van der Waals surface area contributed by atoms with Gasteiger partial charge in [-0.2, -0.15) is 0 Å². The predicted octanol–water partition coefficient (Wildman–Crippen LogP) is 2.48. The summed E-state index contributed by atoms with van der Waals surface area (Å²) in [5, 5.41) is 0. The van der Waals surface area contributed by atoms with Crippen molar-refractivity contribution in [3.63, 3.8) is 0 Å². The molecule has 3 aromatic rings. The molecule has 148 valence electrons. The third kappa shape index (κ3) is 3.85. The molecule has 0 saturated carbocycles. The minimum atomic E-state index is -0.0806. The highest BCUT2D eigenvalue weighted by Gasteiger charge is 2.27. The number of hydrogen-bond acceptors (Lipinski definition) is 4. The number of imidazole rings is 1. The minimum Gasteiger partial charge on any atom is -0.497 e. The Morgan fingerprint density at radius 3 is 2.10 bits per heavy atom. The van der Waals surface area contributed by atoms with Crippen LogP contribution in [0.25, 0.3) is 5.69 Å². The van der Waals surface area contributed by atoms with Crippen LogP contribution in [-0.2, 0) is 0 Å². The molecule has 2 aromatic carbocycles. The number of hydrogen-bond donors (Lipinski definition) is 0. The van der Waals surface area contributed by atoms with Gasteiger partial charge in [0.25, 0.3) is 11.8 Å². The molecule has 0 radical (unpaired) electrons. The number of para-hydroxylation sites is 1. The van der Waals surface area contributed by atoms with Crippen molar-refractivity contribution in [1.82, 2.24) is 19.4 Å². The maximum atomic E-state index is 13.0. The van der Waals surface area contributed by atoms with E-state index < -0.39 is 0 Å². The van der Waals surface area contributed by atoms with Gasteiger partial charge in [0.15, 0.2) is 0 Å². The van der Waals surface area contributed by atoms with Crippen LogP contribution in [0.1, 0.15) is 20.8 Å². The Morgan fingerprint density at radius 1 is 0.862 bits per heavy atom. The Hall–Kier alpha value is -3.61. The van der Waals surface area contributed by atoms with E-state index in [4.69, 9.17) is 4.74 Å². The Kier molecular flexibility index (Phi) is 5.29. The Morgan fingerprint density at radius 2 is 1.48 bits per heavy atom. The molecule has 0 atom stereocenters. The molecular formula is C22H22N4O3. The number of methoxy groups -OCH3 is 1. The van der Waals surface area contributed by atoms with Crippen molar-refractivity contribution in [1.29, 1.82) is 0 Å². The van der Waals surface area contributed by atoms with Crippen LogP contribution in [0.2, 0.25) is 0 Å². The summed E-state index contributed by atoms with van der Waals surface area (Å²) < 4.78 is 6.92. The van der Waals surface area contributed by atoms with Gasteiger partial charge in [0, 0.05) is 37.4 Å². The SMILES string of the molecule is COc1ccc(C(=O)N2CCN(C(=O)c3cncn3-c3ccccc3)CC2)cc1. The van der Waals surface area contributed by atoms with Gasteiger partial charge in [0.1, 0.15) is 11.4 Å². The molecule has 1 saturated heterocycles. The van der Waals surface area contributed by atoms with Crippen LogP contribution in [0.4, 0.5) is 0 Å². The van der Waals surface area contributed by atoms with Crippen molar-refractivity contribution < 1.29 is 14.3 Å². The quantitative estimate of drug-likeness (QED) is 0.686. The maximum Gasteiger partial charge on any atom is 0.272 e. The summed E-state index contributed by atoms with van der Waals surface area (Å²) in [6, 6.07) is 16.7. The summed E-state index contributed by atoms with van der Waals surface area (Å²) in [5.74, 6) is 0.601. The summed E-state index contributed by atoms with van der Waals surface area (Å²) in [5.41, 5.74) is 2.03. The van der Waals surface area contributed by atoms with Gasteiger partial charge in [0.2, 0.25) is 0 Å². The van der Waals surface area contributed by atoms with Gasteiger partial charge < -0.3 is 14.5 Å². The minimum absolute atomic E-state index is 0.0333. The highest BCUT2D eigenvalue weighted by molar-refractivity contribution is 5.95. The number of ether oxygens (including phenoxy) is 1. The molecule has 1 aliphatic heterocycles. The van der Waals surface area contributed by atoms with Crippen LogP contribution in [0.15, 0.2) is 67.1 Å². The largest absolute Gasteiger partial charge is 0.497 e. The molecule has 0 spiro atoms. The Labute approximate surface area is 169 Å². The van der Waals surface area contributed by atoms with Gasteiger partial charge >= 0.3 is 0 Å². The number of carbonyl (C=O) groups excluding carboxylic acids is 2. The fourth-order valence-corrected chi connectivity index (χ4v) is 3.44. The average Bonchev–Trinajstić information content (AvgIpc) is 3.29. The average molecular weight is 390 g/mol. The van der Waals surface area contributed by atoms with Crippen LogP contribution in [0.5, 0.6) is 5.75 Å². The highest BCUT2D eigenvalue weighted by atomic mass is 16.5. The van der Waals surface area contributed by atoms with Gasteiger partial charge in [0.05, 0.1) is 19.6 Å². The molecule has 1 aromatic heterocycles. The van der Waals surface area contributed by atoms with E-state index >= 15 is 0 Å². The monoisotopic (exact) mass is 390 g/mol. The Bertz CT molecular complexity index is 990. The van der Waals surface area contributed by atoms with Crippen LogP contribution in [-0.4, -0.2) is 64.5 Å². The van der Waals surface area contributed by atoms with Gasteiger partial charge in [-0.3, -0.25) is 14.2 Å². The molecule has 1 fully saturated rings. The number of amides is 2. The van der Waals surface area contributed by atoms with Crippen LogP contribution >= 0.6 is 0 Å². The lowest BCUT2D eigenvalue weighted by atomic mass is 10.1. The summed E-state index contributed by atoms with van der Waals surface area (Å²) in [7, 11) is 1.59. The highest BCUT2D eigenvalue weighted by Crippen LogP contribution is 2.17. The lowest BCUT2D eigenvalue weighted by Crippen LogP contribution is -2.50. The second kappa shape index (κ2) is 8.18. The standard InChI is InChI=1S/C22H22N4O3/c1-29-19-9-7-17(8-10-19)21(27)24-11-13-25(14-12-24)22(28)20-15-23-16-26(20)18-5-3-2-4-6-18/h2-10,15-16H,11-14H2,1H3. The van der Waals surface area contributed by atoms with Gasteiger partial charge in [-0.15, -0.1) is 0 Å². The first-order valence-corrected chi connectivity index (χ1v) is 9.48. The second-order valence-corrected chi connectivity index (χ2v) is 6.80. The predicted molar refractivity (Wildman–Crippen MR) is 108 cm³/mol. The lowest BCUT2D eigenvalue weighted by molar-refractivity contribution is 0.0531. The normalized spacial score (nSPS) is 14.0. The van der Waals surface area contributed by atoms with E-state index in [1.165, 1.54) is 0 Å². The number of piperazine rings is 1. The topological polar surface area (TPSA) is 67.7 Å². The van der Waals surface area contributed by atoms with Crippen molar-refractivity contribution in [3.05, 3.63) is 78.4 Å². The first kappa shape index (κ1) is 18.7. The Balaban J connectivity index is 1.42.